The van der Waals surface area contributed by atoms with Crippen molar-refractivity contribution >= 4 is 0 Å². The van der Waals surface area contributed by atoms with Gasteiger partial charge in [0.2, 0.25) is 0 Å². The maximum atomic E-state index is 3.98. The van der Waals surface area contributed by atoms with Crippen molar-refractivity contribution in [1.29, 1.82) is 0 Å². The molecule has 4 rings (SSSR count). The Bertz CT molecular complexity index is 671. The van der Waals surface area contributed by atoms with Crippen molar-refractivity contribution in [2.45, 2.75) is 50.7 Å². The minimum Gasteiger partial charge on any atom is -0.311 e. The molecule has 1 N–H and O–H groups in total. The summed E-state index contributed by atoms with van der Waals surface area (Å²) < 4.78 is 0. The summed E-state index contributed by atoms with van der Waals surface area (Å²) in [5.74, 6) is 0. The van der Waals surface area contributed by atoms with E-state index in [2.05, 4.69) is 75.8 Å². The molecule has 2 aromatic rings. The molecule has 3 nitrogen and oxygen atoms in total. The summed E-state index contributed by atoms with van der Waals surface area (Å²) >= 11 is 0. The molecular weight excluding hydrogens is 342 g/mol. The SMILES string of the molecule is c1ccc(CCN2CCC(NC3CCN(Cc4ccccc4)CC3)CC2)cc1. The second kappa shape index (κ2) is 10.2. The summed E-state index contributed by atoms with van der Waals surface area (Å²) in [4.78, 5) is 5.26. The largest absolute Gasteiger partial charge is 0.311 e. The number of nitrogens with zero attached hydrogens (tertiary/aromatic N) is 2. The highest BCUT2D eigenvalue weighted by atomic mass is 15.2. The van der Waals surface area contributed by atoms with Crippen molar-refractivity contribution in [3.8, 4) is 0 Å². The van der Waals surface area contributed by atoms with Crippen molar-refractivity contribution in [1.82, 2.24) is 15.1 Å². The van der Waals surface area contributed by atoms with Crippen LogP contribution in [-0.2, 0) is 13.0 Å². The van der Waals surface area contributed by atoms with Gasteiger partial charge in [-0.3, -0.25) is 4.90 Å². The van der Waals surface area contributed by atoms with Crippen molar-refractivity contribution < 1.29 is 0 Å². The molecule has 0 atom stereocenters. The molecule has 0 unspecified atom stereocenters. The van der Waals surface area contributed by atoms with Crippen LogP contribution in [0.15, 0.2) is 60.7 Å². The Balaban J connectivity index is 1.12. The lowest BCUT2D eigenvalue weighted by Gasteiger charge is -2.38. The summed E-state index contributed by atoms with van der Waals surface area (Å²) in [6.07, 6.45) is 6.37. The lowest BCUT2D eigenvalue weighted by Crippen LogP contribution is -2.49. The minimum absolute atomic E-state index is 0.716. The Labute approximate surface area is 170 Å². The van der Waals surface area contributed by atoms with Gasteiger partial charge in [-0.2, -0.15) is 0 Å². The fourth-order valence-corrected chi connectivity index (χ4v) is 4.69. The number of piperidine rings is 2. The van der Waals surface area contributed by atoms with Gasteiger partial charge in [0.15, 0.2) is 0 Å². The first-order valence-electron chi connectivity index (χ1n) is 11.1. The lowest BCUT2D eigenvalue weighted by atomic mass is 9.99. The summed E-state index contributed by atoms with van der Waals surface area (Å²) in [7, 11) is 0. The van der Waals surface area contributed by atoms with Gasteiger partial charge < -0.3 is 10.2 Å². The van der Waals surface area contributed by atoms with E-state index >= 15 is 0 Å². The number of hydrogen-bond donors (Lipinski definition) is 1. The predicted molar refractivity (Wildman–Crippen MR) is 117 cm³/mol. The maximum Gasteiger partial charge on any atom is 0.0233 e. The summed E-state index contributed by atoms with van der Waals surface area (Å²) in [5, 5.41) is 3.98. The van der Waals surface area contributed by atoms with E-state index < -0.39 is 0 Å². The normalized spacial score (nSPS) is 20.4. The second-order valence-electron chi connectivity index (χ2n) is 8.55. The molecule has 2 heterocycles. The Morgan fingerprint density at radius 1 is 0.643 bits per heavy atom. The molecule has 2 fully saturated rings. The molecule has 0 amide bonds. The van der Waals surface area contributed by atoms with E-state index in [-0.39, 0.29) is 0 Å². The van der Waals surface area contributed by atoms with Crippen molar-refractivity contribution in [2.75, 3.05) is 32.7 Å². The molecule has 0 radical (unpaired) electrons. The molecule has 150 valence electrons. The average Bonchev–Trinajstić information content (AvgIpc) is 2.76. The smallest absolute Gasteiger partial charge is 0.0233 e. The van der Waals surface area contributed by atoms with E-state index in [1.54, 1.807) is 0 Å². The first kappa shape index (κ1) is 19.6. The van der Waals surface area contributed by atoms with E-state index in [0.29, 0.717) is 6.04 Å². The van der Waals surface area contributed by atoms with Gasteiger partial charge in [-0.15, -0.1) is 0 Å². The molecule has 0 aliphatic carbocycles. The zero-order chi connectivity index (χ0) is 19.0. The summed E-state index contributed by atoms with van der Waals surface area (Å²) in [6.45, 7) is 7.25. The zero-order valence-corrected chi connectivity index (χ0v) is 17.1. The van der Waals surface area contributed by atoms with Crippen molar-refractivity contribution in [3.05, 3.63) is 71.8 Å². The molecule has 0 bridgehead atoms. The van der Waals surface area contributed by atoms with Gasteiger partial charge in [0.1, 0.15) is 0 Å². The van der Waals surface area contributed by atoms with E-state index in [9.17, 15) is 0 Å². The Hall–Kier alpha value is -1.68. The van der Waals surface area contributed by atoms with Crippen LogP contribution in [0.1, 0.15) is 36.8 Å². The Morgan fingerprint density at radius 3 is 1.71 bits per heavy atom. The third kappa shape index (κ3) is 5.91. The van der Waals surface area contributed by atoms with Crippen LogP contribution in [0, 0.1) is 0 Å². The van der Waals surface area contributed by atoms with Crippen molar-refractivity contribution in [2.24, 2.45) is 0 Å². The molecule has 0 spiro atoms. The third-order valence-corrected chi connectivity index (χ3v) is 6.46. The number of hydrogen-bond acceptors (Lipinski definition) is 3. The van der Waals surface area contributed by atoms with Crippen LogP contribution in [0.5, 0.6) is 0 Å². The van der Waals surface area contributed by atoms with Crippen LogP contribution >= 0.6 is 0 Å². The van der Waals surface area contributed by atoms with Gasteiger partial charge in [-0.05, 0) is 69.4 Å². The second-order valence-corrected chi connectivity index (χ2v) is 8.55. The van der Waals surface area contributed by atoms with Gasteiger partial charge in [-0.25, -0.2) is 0 Å². The molecule has 28 heavy (non-hydrogen) atoms. The Kier molecular flexibility index (Phi) is 7.15. The highest BCUT2D eigenvalue weighted by Crippen LogP contribution is 2.17. The van der Waals surface area contributed by atoms with E-state index in [4.69, 9.17) is 0 Å². The van der Waals surface area contributed by atoms with E-state index in [1.807, 2.05) is 0 Å². The predicted octanol–water partition coefficient (Wildman–Crippen LogP) is 3.95. The quantitative estimate of drug-likeness (QED) is 0.788. The molecule has 2 saturated heterocycles. The topological polar surface area (TPSA) is 18.5 Å². The average molecular weight is 378 g/mol. The van der Waals surface area contributed by atoms with Gasteiger partial charge in [0.25, 0.3) is 0 Å². The van der Waals surface area contributed by atoms with Gasteiger partial charge in [0.05, 0.1) is 0 Å². The molecular formula is C25H35N3. The molecule has 2 aromatic carbocycles. The van der Waals surface area contributed by atoms with Crippen LogP contribution in [-0.4, -0.2) is 54.6 Å². The fourth-order valence-electron chi connectivity index (χ4n) is 4.69. The highest BCUT2D eigenvalue weighted by molar-refractivity contribution is 5.15. The minimum atomic E-state index is 0.716. The molecule has 0 aromatic heterocycles. The number of likely N-dealkylation sites (tertiary alicyclic amines) is 2. The summed E-state index contributed by atoms with van der Waals surface area (Å²) in [6, 6.07) is 23.2. The first-order chi connectivity index (χ1) is 13.8. The molecule has 3 heteroatoms. The Morgan fingerprint density at radius 2 is 1.14 bits per heavy atom. The van der Waals surface area contributed by atoms with Gasteiger partial charge in [-0.1, -0.05) is 60.7 Å². The van der Waals surface area contributed by atoms with Crippen LogP contribution in [0.25, 0.3) is 0 Å². The third-order valence-electron chi connectivity index (χ3n) is 6.46. The van der Waals surface area contributed by atoms with Gasteiger partial charge in [0, 0.05) is 25.2 Å². The van der Waals surface area contributed by atoms with Crippen LogP contribution < -0.4 is 5.32 Å². The van der Waals surface area contributed by atoms with E-state index in [1.165, 1.54) is 76.0 Å². The monoisotopic (exact) mass is 377 g/mol. The molecule has 0 saturated carbocycles. The highest BCUT2D eigenvalue weighted by Gasteiger charge is 2.24. The van der Waals surface area contributed by atoms with Crippen LogP contribution in [0.3, 0.4) is 0 Å². The summed E-state index contributed by atoms with van der Waals surface area (Å²) in [5.41, 5.74) is 2.90. The van der Waals surface area contributed by atoms with Crippen LogP contribution in [0.2, 0.25) is 0 Å². The van der Waals surface area contributed by atoms with Gasteiger partial charge >= 0.3 is 0 Å². The molecule has 2 aliphatic rings. The van der Waals surface area contributed by atoms with E-state index in [0.717, 1.165) is 12.6 Å². The maximum absolute atomic E-state index is 3.98. The van der Waals surface area contributed by atoms with Crippen molar-refractivity contribution in [3.63, 3.8) is 0 Å². The number of rotatable bonds is 7. The molecule has 2 aliphatic heterocycles. The standard InChI is InChI=1S/C25H35N3/c1-3-7-22(8-4-1)11-16-27-17-12-24(13-18-27)26-25-14-19-28(20-15-25)21-23-9-5-2-6-10-23/h1-10,24-26H,11-21H2. The number of nitrogens with one attached hydrogen (secondary N) is 1. The fraction of sp³-hybridized carbons (Fsp3) is 0.520. The lowest BCUT2D eigenvalue weighted by molar-refractivity contribution is 0.156. The first-order valence-corrected chi connectivity index (χ1v) is 11.1. The zero-order valence-electron chi connectivity index (χ0n) is 17.1. The number of benzene rings is 2. The van der Waals surface area contributed by atoms with Crippen LogP contribution in [0.4, 0.5) is 0 Å².